The zero-order valence-electron chi connectivity index (χ0n) is 12.5. The van der Waals surface area contributed by atoms with E-state index >= 15 is 0 Å². The fraction of sp³-hybridized carbons (Fsp3) is 0.0526. The van der Waals surface area contributed by atoms with E-state index in [0.29, 0.717) is 6.54 Å². The Morgan fingerprint density at radius 1 is 0.957 bits per heavy atom. The van der Waals surface area contributed by atoms with E-state index in [1.165, 1.54) is 22.9 Å². The SMILES string of the molecule is O=[N+]([O-])c1ccc(/C=C/CNc2cccc3ccccc23)cc1. The van der Waals surface area contributed by atoms with E-state index in [1.807, 2.05) is 30.4 Å². The largest absolute Gasteiger partial charge is 0.381 e. The van der Waals surface area contributed by atoms with Gasteiger partial charge in [0.1, 0.15) is 0 Å². The first-order valence-corrected chi connectivity index (χ1v) is 7.37. The van der Waals surface area contributed by atoms with Crippen molar-refractivity contribution >= 4 is 28.2 Å². The molecule has 0 radical (unpaired) electrons. The van der Waals surface area contributed by atoms with Gasteiger partial charge in [-0.1, -0.05) is 48.6 Å². The van der Waals surface area contributed by atoms with Crippen molar-refractivity contribution in [2.75, 3.05) is 11.9 Å². The number of nitrogens with zero attached hydrogens (tertiary/aromatic N) is 1. The topological polar surface area (TPSA) is 55.2 Å². The number of non-ortho nitro benzene ring substituents is 1. The fourth-order valence-corrected chi connectivity index (χ4v) is 2.45. The first-order chi connectivity index (χ1) is 11.2. The van der Waals surface area contributed by atoms with Gasteiger partial charge in [-0.25, -0.2) is 0 Å². The second-order valence-corrected chi connectivity index (χ2v) is 5.16. The van der Waals surface area contributed by atoms with E-state index in [4.69, 9.17) is 0 Å². The Kier molecular flexibility index (Phi) is 4.34. The second kappa shape index (κ2) is 6.75. The number of nitro groups is 1. The van der Waals surface area contributed by atoms with Crippen molar-refractivity contribution < 1.29 is 4.92 Å². The summed E-state index contributed by atoms with van der Waals surface area (Å²) in [6, 6.07) is 20.9. The molecule has 4 nitrogen and oxygen atoms in total. The molecule has 4 heteroatoms. The molecule has 0 saturated heterocycles. The van der Waals surface area contributed by atoms with Crippen LogP contribution < -0.4 is 5.32 Å². The van der Waals surface area contributed by atoms with E-state index in [0.717, 1.165) is 11.3 Å². The van der Waals surface area contributed by atoms with Crippen LogP contribution in [-0.2, 0) is 0 Å². The smallest absolute Gasteiger partial charge is 0.269 e. The standard InChI is InChI=1S/C19H16N2O2/c22-21(23)17-12-10-15(11-13-17)5-4-14-20-19-9-3-7-16-6-1-2-8-18(16)19/h1-13,20H,14H2/b5-4+. The monoisotopic (exact) mass is 304 g/mol. The minimum atomic E-state index is -0.393. The molecule has 3 rings (SSSR count). The highest BCUT2D eigenvalue weighted by atomic mass is 16.6. The van der Waals surface area contributed by atoms with Gasteiger partial charge in [-0.2, -0.15) is 0 Å². The number of nitrogens with one attached hydrogen (secondary N) is 1. The van der Waals surface area contributed by atoms with Crippen LogP contribution in [0.25, 0.3) is 16.8 Å². The van der Waals surface area contributed by atoms with Crippen LogP contribution in [0, 0.1) is 10.1 Å². The Morgan fingerprint density at radius 3 is 2.48 bits per heavy atom. The summed E-state index contributed by atoms with van der Waals surface area (Å²) in [6.07, 6.45) is 3.95. The Morgan fingerprint density at radius 2 is 1.70 bits per heavy atom. The van der Waals surface area contributed by atoms with Gasteiger partial charge in [0.25, 0.3) is 5.69 Å². The Hall–Kier alpha value is -3.14. The Labute approximate surface area is 134 Å². The summed E-state index contributed by atoms with van der Waals surface area (Å²) < 4.78 is 0. The summed E-state index contributed by atoms with van der Waals surface area (Å²) in [4.78, 5) is 10.2. The third kappa shape index (κ3) is 3.55. The fourth-order valence-electron chi connectivity index (χ4n) is 2.45. The number of anilines is 1. The summed E-state index contributed by atoms with van der Waals surface area (Å²) in [5, 5.41) is 16.4. The van der Waals surface area contributed by atoms with Gasteiger partial charge in [0.05, 0.1) is 4.92 Å². The highest BCUT2D eigenvalue weighted by molar-refractivity contribution is 5.93. The number of benzene rings is 3. The van der Waals surface area contributed by atoms with Gasteiger partial charge in [0.15, 0.2) is 0 Å². The van der Waals surface area contributed by atoms with Crippen LogP contribution in [0.5, 0.6) is 0 Å². The molecule has 0 aromatic heterocycles. The molecular weight excluding hydrogens is 288 g/mol. The molecule has 114 valence electrons. The van der Waals surface area contributed by atoms with Crippen molar-refractivity contribution in [1.82, 2.24) is 0 Å². The van der Waals surface area contributed by atoms with Crippen LogP contribution in [0.3, 0.4) is 0 Å². The molecule has 0 bridgehead atoms. The van der Waals surface area contributed by atoms with Crippen LogP contribution in [-0.4, -0.2) is 11.5 Å². The van der Waals surface area contributed by atoms with Crippen LogP contribution in [0.15, 0.2) is 72.8 Å². The molecule has 0 atom stereocenters. The van der Waals surface area contributed by atoms with Crippen molar-refractivity contribution in [1.29, 1.82) is 0 Å². The summed E-state index contributed by atoms with van der Waals surface area (Å²) in [7, 11) is 0. The summed E-state index contributed by atoms with van der Waals surface area (Å²) in [5.74, 6) is 0. The summed E-state index contributed by atoms with van der Waals surface area (Å²) in [5.41, 5.74) is 2.14. The average Bonchev–Trinajstić information content (AvgIpc) is 2.59. The molecular formula is C19H16N2O2. The van der Waals surface area contributed by atoms with Crippen LogP contribution in [0.1, 0.15) is 5.56 Å². The van der Waals surface area contributed by atoms with Gasteiger partial charge < -0.3 is 5.32 Å². The van der Waals surface area contributed by atoms with E-state index in [1.54, 1.807) is 12.1 Å². The zero-order valence-corrected chi connectivity index (χ0v) is 12.5. The third-order valence-electron chi connectivity index (χ3n) is 3.61. The predicted octanol–water partition coefficient (Wildman–Crippen LogP) is 4.87. The van der Waals surface area contributed by atoms with E-state index in [2.05, 4.69) is 29.6 Å². The minimum Gasteiger partial charge on any atom is -0.381 e. The molecule has 0 aliphatic carbocycles. The second-order valence-electron chi connectivity index (χ2n) is 5.16. The average molecular weight is 304 g/mol. The molecule has 0 aliphatic rings. The van der Waals surface area contributed by atoms with Gasteiger partial charge in [-0.05, 0) is 29.1 Å². The molecule has 0 fully saturated rings. The van der Waals surface area contributed by atoms with E-state index in [9.17, 15) is 10.1 Å². The van der Waals surface area contributed by atoms with Gasteiger partial charge in [-0.15, -0.1) is 0 Å². The van der Waals surface area contributed by atoms with Crippen molar-refractivity contribution in [3.05, 3.63) is 88.5 Å². The van der Waals surface area contributed by atoms with Crippen LogP contribution in [0.2, 0.25) is 0 Å². The number of fused-ring (bicyclic) bond motifs is 1. The van der Waals surface area contributed by atoms with Gasteiger partial charge in [-0.3, -0.25) is 10.1 Å². The van der Waals surface area contributed by atoms with Crippen LogP contribution >= 0.6 is 0 Å². The van der Waals surface area contributed by atoms with Crippen molar-refractivity contribution in [3.63, 3.8) is 0 Å². The van der Waals surface area contributed by atoms with Gasteiger partial charge in [0.2, 0.25) is 0 Å². The molecule has 0 unspecified atom stereocenters. The lowest BCUT2D eigenvalue weighted by atomic mass is 10.1. The number of nitro benzene ring substituents is 1. The zero-order chi connectivity index (χ0) is 16.1. The number of hydrogen-bond donors (Lipinski definition) is 1. The Bertz CT molecular complexity index is 849. The first kappa shape index (κ1) is 14.8. The minimum absolute atomic E-state index is 0.107. The maximum absolute atomic E-state index is 10.6. The van der Waals surface area contributed by atoms with Gasteiger partial charge >= 0.3 is 0 Å². The van der Waals surface area contributed by atoms with Crippen LogP contribution in [0.4, 0.5) is 11.4 Å². The molecule has 0 amide bonds. The summed E-state index contributed by atoms with van der Waals surface area (Å²) >= 11 is 0. The van der Waals surface area contributed by atoms with Gasteiger partial charge in [0, 0.05) is 29.8 Å². The maximum Gasteiger partial charge on any atom is 0.269 e. The molecule has 3 aromatic carbocycles. The molecule has 0 heterocycles. The van der Waals surface area contributed by atoms with Crippen molar-refractivity contribution in [2.24, 2.45) is 0 Å². The molecule has 0 aliphatic heterocycles. The van der Waals surface area contributed by atoms with E-state index in [-0.39, 0.29) is 5.69 Å². The molecule has 3 aromatic rings. The molecule has 0 spiro atoms. The Balaban J connectivity index is 1.65. The molecule has 0 saturated carbocycles. The van der Waals surface area contributed by atoms with Crippen molar-refractivity contribution in [2.45, 2.75) is 0 Å². The number of rotatable bonds is 5. The lowest BCUT2D eigenvalue weighted by Gasteiger charge is -2.07. The highest BCUT2D eigenvalue weighted by Crippen LogP contribution is 2.22. The van der Waals surface area contributed by atoms with Crippen molar-refractivity contribution in [3.8, 4) is 0 Å². The first-order valence-electron chi connectivity index (χ1n) is 7.37. The third-order valence-corrected chi connectivity index (χ3v) is 3.61. The predicted molar refractivity (Wildman–Crippen MR) is 94.6 cm³/mol. The summed E-state index contributed by atoms with van der Waals surface area (Å²) in [6.45, 7) is 0.686. The maximum atomic E-state index is 10.6. The normalized spacial score (nSPS) is 11.0. The molecule has 1 N–H and O–H groups in total. The quantitative estimate of drug-likeness (QED) is 0.540. The van der Waals surface area contributed by atoms with E-state index < -0.39 is 4.92 Å². The molecule has 23 heavy (non-hydrogen) atoms. The highest BCUT2D eigenvalue weighted by Gasteiger charge is 2.02. The lowest BCUT2D eigenvalue weighted by Crippen LogP contribution is -1.98. The number of hydrogen-bond acceptors (Lipinski definition) is 3. The lowest BCUT2D eigenvalue weighted by molar-refractivity contribution is -0.384.